The number of rotatable bonds is 3. The number of hydrogen-bond donors (Lipinski definition) is 0. The molecule has 28 heavy (non-hydrogen) atoms. The molecule has 0 N–H and O–H groups in total. The Kier molecular flexibility index (Phi) is 5.10. The second-order valence-electron chi connectivity index (χ2n) is 7.64. The van der Waals surface area contributed by atoms with Crippen molar-refractivity contribution in [3.05, 3.63) is 51.1 Å². The van der Waals surface area contributed by atoms with Crippen molar-refractivity contribution >= 4 is 27.5 Å². The van der Waals surface area contributed by atoms with Gasteiger partial charge < -0.3 is 9.47 Å². The smallest absolute Gasteiger partial charge is 0.262 e. The molecule has 0 spiro atoms. The highest BCUT2D eigenvalue weighted by molar-refractivity contribution is 7.18. The molecular formula is C21H26N4O2S. The molecule has 148 valence electrons. The monoisotopic (exact) mass is 398 g/mol. The summed E-state index contributed by atoms with van der Waals surface area (Å²) in [7, 11) is 2.02. The Balaban J connectivity index is 1.65. The zero-order valence-corrected chi connectivity index (χ0v) is 17.5. The van der Waals surface area contributed by atoms with E-state index in [1.807, 2.05) is 38.1 Å². The second kappa shape index (κ2) is 7.54. The van der Waals surface area contributed by atoms with E-state index in [-0.39, 0.29) is 24.1 Å². The molecule has 3 aromatic heterocycles. The van der Waals surface area contributed by atoms with Crippen molar-refractivity contribution in [2.24, 2.45) is 7.05 Å². The predicted octanol–water partition coefficient (Wildman–Crippen LogP) is 3.56. The van der Waals surface area contributed by atoms with Crippen LogP contribution in [0.2, 0.25) is 0 Å². The van der Waals surface area contributed by atoms with Gasteiger partial charge in [0.15, 0.2) is 0 Å². The summed E-state index contributed by atoms with van der Waals surface area (Å²) in [4.78, 5) is 34.5. The fourth-order valence-electron chi connectivity index (χ4n) is 4.15. The molecule has 6 nitrogen and oxygen atoms in total. The minimum atomic E-state index is -0.120. The third-order valence-corrected chi connectivity index (χ3v) is 6.98. The number of carbonyl (C=O) groups is 1. The van der Waals surface area contributed by atoms with Crippen molar-refractivity contribution in [2.75, 3.05) is 6.54 Å². The normalized spacial score (nSPS) is 17.8. The third kappa shape index (κ3) is 3.28. The van der Waals surface area contributed by atoms with Gasteiger partial charge in [-0.05, 0) is 44.4 Å². The zero-order chi connectivity index (χ0) is 19.8. The number of aryl methyl sites for hydroxylation is 3. The first kappa shape index (κ1) is 18.9. The Morgan fingerprint density at radius 2 is 2.11 bits per heavy atom. The van der Waals surface area contributed by atoms with Crippen LogP contribution in [0.3, 0.4) is 0 Å². The molecule has 0 saturated carbocycles. The lowest BCUT2D eigenvalue weighted by molar-refractivity contribution is -0.134. The minimum absolute atomic E-state index is 0.0130. The van der Waals surface area contributed by atoms with Crippen LogP contribution in [0.15, 0.2) is 29.5 Å². The van der Waals surface area contributed by atoms with E-state index in [0.717, 1.165) is 53.2 Å². The summed E-state index contributed by atoms with van der Waals surface area (Å²) in [5, 5.41) is 0.646. The topological polar surface area (TPSA) is 60.1 Å². The molecule has 0 aromatic carbocycles. The molecule has 0 bridgehead atoms. The molecule has 7 heteroatoms. The maximum absolute atomic E-state index is 13.2. The average molecular weight is 399 g/mol. The van der Waals surface area contributed by atoms with Crippen molar-refractivity contribution in [3.8, 4) is 0 Å². The first-order valence-corrected chi connectivity index (χ1v) is 10.6. The van der Waals surface area contributed by atoms with E-state index < -0.39 is 0 Å². The first-order chi connectivity index (χ1) is 13.5. The number of fused-ring (bicyclic) bond motifs is 1. The highest BCUT2D eigenvalue weighted by Crippen LogP contribution is 2.30. The molecule has 3 aromatic rings. The standard InChI is InChI=1S/C21H26N4O2S/c1-14-15(2)28-20-19(14)21(27)24(13-22-20)12-18(26)25-11-6-4-5-8-17(25)16-9-7-10-23(16)3/h7,9-10,13,17H,4-6,8,11-12H2,1-3H3. The molecular weight excluding hydrogens is 372 g/mol. The van der Waals surface area contributed by atoms with Gasteiger partial charge in [-0.3, -0.25) is 14.2 Å². The van der Waals surface area contributed by atoms with Crippen molar-refractivity contribution in [3.63, 3.8) is 0 Å². The molecule has 1 atom stereocenters. The molecule has 0 radical (unpaired) electrons. The van der Waals surface area contributed by atoms with E-state index in [2.05, 4.69) is 15.6 Å². The quantitative estimate of drug-likeness (QED) is 0.678. The molecule has 1 amide bonds. The summed E-state index contributed by atoms with van der Waals surface area (Å²) in [6.07, 6.45) is 7.74. The van der Waals surface area contributed by atoms with Gasteiger partial charge in [-0.15, -0.1) is 11.3 Å². The maximum atomic E-state index is 13.2. The lowest BCUT2D eigenvalue weighted by Crippen LogP contribution is -2.39. The van der Waals surface area contributed by atoms with Crippen LogP contribution in [0.4, 0.5) is 0 Å². The van der Waals surface area contributed by atoms with Gasteiger partial charge in [0.2, 0.25) is 5.91 Å². The first-order valence-electron chi connectivity index (χ1n) is 9.83. The number of amides is 1. The second-order valence-corrected chi connectivity index (χ2v) is 8.84. The third-order valence-electron chi connectivity index (χ3n) is 5.86. The summed E-state index contributed by atoms with van der Waals surface area (Å²) in [6, 6.07) is 4.17. The summed E-state index contributed by atoms with van der Waals surface area (Å²) in [5.74, 6) is -0.0130. The fraction of sp³-hybridized carbons (Fsp3) is 0.476. The van der Waals surface area contributed by atoms with Crippen LogP contribution >= 0.6 is 11.3 Å². The predicted molar refractivity (Wildman–Crippen MR) is 112 cm³/mol. The Bertz CT molecular complexity index is 1080. The van der Waals surface area contributed by atoms with Gasteiger partial charge in [0, 0.05) is 30.4 Å². The molecule has 4 rings (SSSR count). The van der Waals surface area contributed by atoms with Gasteiger partial charge in [0.05, 0.1) is 17.8 Å². The van der Waals surface area contributed by atoms with E-state index in [9.17, 15) is 9.59 Å². The van der Waals surface area contributed by atoms with E-state index in [4.69, 9.17) is 0 Å². The number of thiophene rings is 1. The van der Waals surface area contributed by atoms with Crippen LogP contribution in [0.5, 0.6) is 0 Å². The Hall–Kier alpha value is -2.41. The SMILES string of the molecule is Cc1sc2ncn(CC(=O)N3CCCCCC3c3cccn3C)c(=O)c2c1C. The van der Waals surface area contributed by atoms with Gasteiger partial charge >= 0.3 is 0 Å². The van der Waals surface area contributed by atoms with Crippen LogP contribution in [-0.2, 0) is 18.4 Å². The van der Waals surface area contributed by atoms with Crippen LogP contribution in [0.1, 0.15) is 47.9 Å². The van der Waals surface area contributed by atoms with E-state index >= 15 is 0 Å². The molecule has 0 aliphatic carbocycles. The molecule has 1 unspecified atom stereocenters. The summed E-state index contributed by atoms with van der Waals surface area (Å²) in [6.45, 7) is 4.72. The van der Waals surface area contributed by atoms with Crippen LogP contribution in [0, 0.1) is 13.8 Å². The number of hydrogen-bond acceptors (Lipinski definition) is 4. The fourth-order valence-corrected chi connectivity index (χ4v) is 5.14. The minimum Gasteiger partial charge on any atom is -0.353 e. The van der Waals surface area contributed by atoms with Crippen molar-refractivity contribution in [1.29, 1.82) is 0 Å². The molecule has 1 aliphatic rings. The molecule has 1 fully saturated rings. The van der Waals surface area contributed by atoms with Gasteiger partial charge in [-0.25, -0.2) is 4.98 Å². The molecule has 1 saturated heterocycles. The van der Waals surface area contributed by atoms with Crippen LogP contribution < -0.4 is 5.56 Å². The lowest BCUT2D eigenvalue weighted by atomic mass is 10.1. The largest absolute Gasteiger partial charge is 0.353 e. The molecule has 4 heterocycles. The lowest BCUT2D eigenvalue weighted by Gasteiger charge is -2.31. The van der Waals surface area contributed by atoms with Crippen molar-refractivity contribution < 1.29 is 4.79 Å². The van der Waals surface area contributed by atoms with Gasteiger partial charge in [-0.2, -0.15) is 0 Å². The Morgan fingerprint density at radius 3 is 2.86 bits per heavy atom. The van der Waals surface area contributed by atoms with Gasteiger partial charge in [0.1, 0.15) is 11.4 Å². The van der Waals surface area contributed by atoms with Gasteiger partial charge in [-0.1, -0.05) is 12.8 Å². The number of carbonyl (C=O) groups excluding carboxylic acids is 1. The van der Waals surface area contributed by atoms with Crippen molar-refractivity contribution in [1.82, 2.24) is 19.0 Å². The summed E-state index contributed by atoms with van der Waals surface area (Å²) >= 11 is 1.53. The zero-order valence-electron chi connectivity index (χ0n) is 16.6. The summed E-state index contributed by atoms with van der Waals surface area (Å²) in [5.41, 5.74) is 2.00. The average Bonchev–Trinajstić information content (AvgIpc) is 3.10. The Morgan fingerprint density at radius 1 is 1.29 bits per heavy atom. The highest BCUT2D eigenvalue weighted by Gasteiger charge is 2.28. The van der Waals surface area contributed by atoms with E-state index in [1.165, 1.54) is 22.2 Å². The van der Waals surface area contributed by atoms with E-state index in [1.54, 1.807) is 0 Å². The highest BCUT2D eigenvalue weighted by atomic mass is 32.1. The van der Waals surface area contributed by atoms with Crippen LogP contribution in [0.25, 0.3) is 10.2 Å². The van der Waals surface area contributed by atoms with Crippen molar-refractivity contribution in [2.45, 2.75) is 52.1 Å². The number of likely N-dealkylation sites (tertiary alicyclic amines) is 1. The van der Waals surface area contributed by atoms with Gasteiger partial charge in [0.25, 0.3) is 5.56 Å². The van der Waals surface area contributed by atoms with E-state index in [0.29, 0.717) is 5.39 Å². The summed E-state index contributed by atoms with van der Waals surface area (Å²) < 4.78 is 3.56. The Labute approximate surface area is 168 Å². The number of nitrogens with zero attached hydrogens (tertiary/aromatic N) is 4. The maximum Gasteiger partial charge on any atom is 0.262 e. The molecule has 1 aliphatic heterocycles. The van der Waals surface area contributed by atoms with Crippen LogP contribution in [-0.4, -0.2) is 31.5 Å². The number of aromatic nitrogens is 3.